The van der Waals surface area contributed by atoms with E-state index in [1.54, 1.807) is 0 Å². The third-order valence-electron chi connectivity index (χ3n) is 9.08. The second-order valence-corrected chi connectivity index (χ2v) is 14.1. The zero-order valence-corrected chi connectivity index (χ0v) is 33.9. The fourth-order valence-electron chi connectivity index (χ4n) is 5.75. The molecule has 1 heterocycles. The molecule has 1 aliphatic rings. The Morgan fingerprint density at radius 1 is 0.582 bits per heavy atom. The number of allylic oxidation sites excluding steroid dienone is 12. The Labute approximate surface area is 332 Å². The molecule has 0 radical (unpaired) electrons. The lowest BCUT2D eigenvalue weighted by Crippen LogP contribution is -2.59. The minimum absolute atomic E-state index is 0.145. The van der Waals surface area contributed by atoms with Crippen LogP contribution in [0.15, 0.2) is 72.9 Å². The minimum atomic E-state index is -1.61. The lowest BCUT2D eigenvalue weighted by molar-refractivity contribution is -0.305. The van der Waals surface area contributed by atoms with Crippen molar-refractivity contribution in [3.63, 3.8) is 0 Å². The summed E-state index contributed by atoms with van der Waals surface area (Å²) in [6.07, 6.45) is 36.3. The number of aliphatic hydroxyl groups is 4. The second kappa shape index (κ2) is 35.5. The summed E-state index contributed by atoms with van der Waals surface area (Å²) in [6.45, 7) is 3.20. The van der Waals surface area contributed by atoms with Crippen molar-refractivity contribution in [2.45, 2.75) is 179 Å². The van der Waals surface area contributed by atoms with Crippen LogP contribution in [0.1, 0.15) is 142 Å². The average molecular weight is 775 g/mol. The van der Waals surface area contributed by atoms with Crippen LogP contribution >= 0.6 is 0 Å². The van der Waals surface area contributed by atoms with E-state index < -0.39 is 55.4 Å². The van der Waals surface area contributed by atoms with Gasteiger partial charge in [-0.05, 0) is 77.0 Å². The van der Waals surface area contributed by atoms with E-state index in [0.717, 1.165) is 57.8 Å². The van der Waals surface area contributed by atoms with E-state index in [-0.39, 0.29) is 26.1 Å². The van der Waals surface area contributed by atoms with Gasteiger partial charge >= 0.3 is 11.9 Å². The molecular formula is C45H74O10. The molecule has 1 fully saturated rings. The molecule has 0 aromatic carbocycles. The van der Waals surface area contributed by atoms with Gasteiger partial charge in [-0.3, -0.25) is 9.59 Å². The quantitative estimate of drug-likeness (QED) is 0.0291. The lowest BCUT2D eigenvalue weighted by Gasteiger charge is -2.39. The van der Waals surface area contributed by atoms with Gasteiger partial charge in [-0.1, -0.05) is 125 Å². The zero-order chi connectivity index (χ0) is 40.2. The summed E-state index contributed by atoms with van der Waals surface area (Å²) in [6, 6.07) is 0. The SMILES string of the molecule is CC/C=C/C/C=C/C/C=C/C/C=C/C/C=C/CCCC(=O)O[C@H](COC(=O)CCCCC/C=C/CCCCCCCC)CO[C@@H]1O[C@H](CO)[C@H](O)C(O)C1O. The van der Waals surface area contributed by atoms with E-state index in [9.17, 15) is 30.0 Å². The van der Waals surface area contributed by atoms with Crippen molar-refractivity contribution < 1.29 is 49.0 Å². The normalized spacial score (nSPS) is 21.3. The summed E-state index contributed by atoms with van der Waals surface area (Å²) in [5.41, 5.74) is 0. The maximum Gasteiger partial charge on any atom is 0.306 e. The number of rotatable bonds is 33. The Bertz CT molecular complexity index is 1120. The first kappa shape index (κ1) is 50.2. The molecule has 6 atom stereocenters. The fourth-order valence-corrected chi connectivity index (χ4v) is 5.75. The summed E-state index contributed by atoms with van der Waals surface area (Å²) in [7, 11) is 0. The molecule has 1 aliphatic heterocycles. The highest BCUT2D eigenvalue weighted by atomic mass is 16.7. The van der Waals surface area contributed by atoms with E-state index in [1.807, 2.05) is 6.08 Å². The molecule has 4 N–H and O–H groups in total. The number of esters is 2. The van der Waals surface area contributed by atoms with Crippen molar-refractivity contribution in [2.24, 2.45) is 0 Å². The van der Waals surface area contributed by atoms with Crippen LogP contribution in [0.3, 0.4) is 0 Å². The largest absolute Gasteiger partial charge is 0.462 e. The Hall–Kier alpha value is -2.86. The van der Waals surface area contributed by atoms with Crippen LogP contribution in [0.2, 0.25) is 0 Å². The molecule has 1 rings (SSSR count). The molecule has 0 bridgehead atoms. The Kier molecular flexibility index (Phi) is 32.4. The highest BCUT2D eigenvalue weighted by Gasteiger charge is 2.44. The number of aliphatic hydroxyl groups excluding tert-OH is 4. The van der Waals surface area contributed by atoms with Gasteiger partial charge in [0.15, 0.2) is 12.4 Å². The van der Waals surface area contributed by atoms with Crippen LogP contribution in [0.4, 0.5) is 0 Å². The minimum Gasteiger partial charge on any atom is -0.462 e. The first-order valence-corrected chi connectivity index (χ1v) is 21.0. The molecule has 0 aromatic heterocycles. The van der Waals surface area contributed by atoms with Crippen molar-refractivity contribution in [2.75, 3.05) is 19.8 Å². The van der Waals surface area contributed by atoms with Crippen molar-refractivity contribution in [1.29, 1.82) is 0 Å². The molecule has 1 saturated heterocycles. The Morgan fingerprint density at radius 2 is 1.09 bits per heavy atom. The fraction of sp³-hybridized carbons (Fsp3) is 0.689. The van der Waals surface area contributed by atoms with E-state index in [0.29, 0.717) is 19.3 Å². The number of carbonyl (C=O) groups excluding carboxylic acids is 2. The van der Waals surface area contributed by atoms with Gasteiger partial charge in [-0.25, -0.2) is 0 Å². The molecule has 55 heavy (non-hydrogen) atoms. The predicted molar refractivity (Wildman–Crippen MR) is 219 cm³/mol. The lowest BCUT2D eigenvalue weighted by atomic mass is 9.99. The van der Waals surface area contributed by atoms with Gasteiger partial charge in [0.05, 0.1) is 13.2 Å². The van der Waals surface area contributed by atoms with Crippen molar-refractivity contribution in [1.82, 2.24) is 0 Å². The topological polar surface area (TPSA) is 152 Å². The molecule has 0 amide bonds. The monoisotopic (exact) mass is 775 g/mol. The number of ether oxygens (including phenoxy) is 4. The summed E-state index contributed by atoms with van der Waals surface area (Å²) in [5.74, 6) is -0.902. The number of hydrogen-bond acceptors (Lipinski definition) is 10. The van der Waals surface area contributed by atoms with Crippen LogP contribution < -0.4 is 0 Å². The molecule has 2 unspecified atom stereocenters. The van der Waals surface area contributed by atoms with Crippen LogP contribution in [0, 0.1) is 0 Å². The Morgan fingerprint density at radius 3 is 1.69 bits per heavy atom. The van der Waals surface area contributed by atoms with Crippen LogP contribution in [0.25, 0.3) is 0 Å². The van der Waals surface area contributed by atoms with Crippen molar-refractivity contribution >= 4 is 11.9 Å². The average Bonchev–Trinajstić information content (AvgIpc) is 3.18. The van der Waals surface area contributed by atoms with Crippen LogP contribution in [-0.2, 0) is 28.5 Å². The molecule has 0 spiro atoms. The van der Waals surface area contributed by atoms with Gasteiger partial charge < -0.3 is 39.4 Å². The summed E-state index contributed by atoms with van der Waals surface area (Å²) >= 11 is 0. The summed E-state index contributed by atoms with van der Waals surface area (Å²) in [4.78, 5) is 25.2. The third-order valence-corrected chi connectivity index (χ3v) is 9.08. The first-order valence-electron chi connectivity index (χ1n) is 21.0. The van der Waals surface area contributed by atoms with Crippen LogP contribution in [0.5, 0.6) is 0 Å². The molecule has 0 saturated carbocycles. The standard InChI is InChI=1S/C45H74O10/c1-3-5-7-9-11-13-15-17-18-19-20-22-24-26-28-30-32-34-41(48)54-38(37-53-45-44(51)43(50)42(49)39(35-46)55-45)36-52-40(47)33-31-29-27-25-23-21-16-14-12-10-8-6-4-2/h5,7,11,13,17-18,20-23,26,28,38-39,42-46,49-51H,3-4,6,8-10,12,14-16,19,24-25,27,29-37H2,1-2H3/b7-5+,13-11+,18-17+,22-20+,23-21+,28-26+/t38-,39-,42+,43?,44?,45-/m1/s1. The van der Waals surface area contributed by atoms with Gasteiger partial charge in [0.2, 0.25) is 0 Å². The molecule has 0 aromatic rings. The van der Waals surface area contributed by atoms with E-state index >= 15 is 0 Å². The molecule has 10 nitrogen and oxygen atoms in total. The molecule has 314 valence electrons. The van der Waals surface area contributed by atoms with Gasteiger partial charge in [0, 0.05) is 12.8 Å². The van der Waals surface area contributed by atoms with Gasteiger partial charge in [-0.15, -0.1) is 0 Å². The van der Waals surface area contributed by atoms with Gasteiger partial charge in [-0.2, -0.15) is 0 Å². The van der Waals surface area contributed by atoms with Crippen molar-refractivity contribution in [3.05, 3.63) is 72.9 Å². The first-order chi connectivity index (χ1) is 26.8. The molecule has 10 heteroatoms. The van der Waals surface area contributed by atoms with Crippen molar-refractivity contribution in [3.8, 4) is 0 Å². The van der Waals surface area contributed by atoms with E-state index in [4.69, 9.17) is 18.9 Å². The number of unbranched alkanes of at least 4 members (excludes halogenated alkanes) is 10. The predicted octanol–water partition coefficient (Wildman–Crippen LogP) is 8.44. The highest BCUT2D eigenvalue weighted by molar-refractivity contribution is 5.70. The smallest absolute Gasteiger partial charge is 0.306 e. The molecular weight excluding hydrogens is 700 g/mol. The molecule has 0 aliphatic carbocycles. The third kappa shape index (κ3) is 27.4. The van der Waals surface area contributed by atoms with Crippen LogP contribution in [-0.4, -0.2) is 89.0 Å². The number of carbonyl (C=O) groups is 2. The van der Waals surface area contributed by atoms with E-state index in [2.05, 4.69) is 80.7 Å². The number of hydrogen-bond donors (Lipinski definition) is 4. The van der Waals surface area contributed by atoms with Gasteiger partial charge in [0.25, 0.3) is 0 Å². The Balaban J connectivity index is 2.43. The summed E-state index contributed by atoms with van der Waals surface area (Å²) < 4.78 is 22.0. The maximum absolute atomic E-state index is 12.7. The van der Waals surface area contributed by atoms with Gasteiger partial charge in [0.1, 0.15) is 31.0 Å². The summed E-state index contributed by atoms with van der Waals surface area (Å²) in [5, 5.41) is 40.0. The maximum atomic E-state index is 12.7. The highest BCUT2D eigenvalue weighted by Crippen LogP contribution is 2.22. The second-order valence-electron chi connectivity index (χ2n) is 14.1. The van der Waals surface area contributed by atoms with E-state index in [1.165, 1.54) is 38.5 Å². The zero-order valence-electron chi connectivity index (χ0n) is 33.9.